The first kappa shape index (κ1) is 12.5. The van der Waals surface area contributed by atoms with Crippen LogP contribution >= 0.6 is 11.3 Å². The number of carbonyl (C=O) groups excluding carboxylic acids is 1. The van der Waals surface area contributed by atoms with Crippen molar-refractivity contribution in [2.24, 2.45) is 0 Å². The van der Waals surface area contributed by atoms with Gasteiger partial charge in [0.1, 0.15) is 6.54 Å². The van der Waals surface area contributed by atoms with Gasteiger partial charge in [0.05, 0.1) is 5.69 Å². The van der Waals surface area contributed by atoms with Crippen LogP contribution in [-0.2, 0) is 11.3 Å². The highest BCUT2D eigenvalue weighted by atomic mass is 32.1. The molecule has 2 aromatic rings. The highest BCUT2D eigenvalue weighted by Crippen LogP contribution is 2.14. The Morgan fingerprint density at radius 1 is 1.50 bits per heavy atom. The summed E-state index contributed by atoms with van der Waals surface area (Å²) >= 11 is 1.37. The molecule has 1 amide bonds. The SMILES string of the molecule is Cc1csc(NC(=O)Cn2cccc(C)c2=O)n1. The van der Waals surface area contributed by atoms with Gasteiger partial charge in [-0.25, -0.2) is 4.98 Å². The zero-order valence-electron chi connectivity index (χ0n) is 10.1. The molecule has 6 heteroatoms. The van der Waals surface area contributed by atoms with Crippen LogP contribution < -0.4 is 10.9 Å². The zero-order valence-corrected chi connectivity index (χ0v) is 11.0. The maximum Gasteiger partial charge on any atom is 0.253 e. The smallest absolute Gasteiger partial charge is 0.253 e. The standard InChI is InChI=1S/C12H13N3O2S/c1-8-4-3-5-15(11(8)17)6-10(16)14-12-13-9(2)7-18-12/h3-5,7H,6H2,1-2H3,(H,13,14,16). The Morgan fingerprint density at radius 2 is 2.28 bits per heavy atom. The molecular formula is C12H13N3O2S. The summed E-state index contributed by atoms with van der Waals surface area (Å²) in [4.78, 5) is 27.6. The number of rotatable bonds is 3. The summed E-state index contributed by atoms with van der Waals surface area (Å²) in [6, 6.07) is 3.47. The summed E-state index contributed by atoms with van der Waals surface area (Å²) in [5.41, 5.74) is 1.33. The molecule has 0 aliphatic carbocycles. The minimum Gasteiger partial charge on any atom is -0.306 e. The van der Waals surface area contributed by atoms with Crippen LogP contribution in [0.25, 0.3) is 0 Å². The molecule has 2 rings (SSSR count). The van der Waals surface area contributed by atoms with Crippen LogP contribution in [0.1, 0.15) is 11.3 Å². The van der Waals surface area contributed by atoms with Crippen molar-refractivity contribution < 1.29 is 4.79 Å². The number of hydrogen-bond acceptors (Lipinski definition) is 4. The van der Waals surface area contributed by atoms with E-state index in [0.29, 0.717) is 10.7 Å². The molecule has 0 unspecified atom stereocenters. The molecule has 2 heterocycles. The third kappa shape index (κ3) is 2.84. The third-order valence-electron chi connectivity index (χ3n) is 2.39. The Labute approximate surface area is 108 Å². The van der Waals surface area contributed by atoms with Crippen LogP contribution in [0.5, 0.6) is 0 Å². The first-order valence-electron chi connectivity index (χ1n) is 5.44. The lowest BCUT2D eigenvalue weighted by Gasteiger charge is -2.05. The molecular weight excluding hydrogens is 250 g/mol. The monoisotopic (exact) mass is 263 g/mol. The number of aromatic nitrogens is 2. The average Bonchev–Trinajstić information content (AvgIpc) is 2.70. The molecule has 0 radical (unpaired) electrons. The molecule has 0 bridgehead atoms. The number of hydrogen-bond donors (Lipinski definition) is 1. The summed E-state index contributed by atoms with van der Waals surface area (Å²) in [5.74, 6) is -0.253. The first-order chi connectivity index (χ1) is 8.56. The largest absolute Gasteiger partial charge is 0.306 e. The quantitative estimate of drug-likeness (QED) is 0.914. The number of nitrogens with one attached hydrogen (secondary N) is 1. The Bertz CT molecular complexity index is 630. The predicted octanol–water partition coefficient (Wildman–Crippen LogP) is 1.56. The third-order valence-corrected chi connectivity index (χ3v) is 3.27. The molecule has 0 saturated heterocycles. The zero-order chi connectivity index (χ0) is 13.1. The van der Waals surface area contributed by atoms with Crippen LogP contribution in [0.2, 0.25) is 0 Å². The second kappa shape index (κ2) is 5.14. The Kier molecular flexibility index (Phi) is 3.57. The number of carbonyl (C=O) groups is 1. The van der Waals surface area contributed by atoms with E-state index in [1.807, 2.05) is 12.3 Å². The first-order valence-corrected chi connectivity index (χ1v) is 6.32. The van der Waals surface area contributed by atoms with E-state index in [1.165, 1.54) is 15.9 Å². The van der Waals surface area contributed by atoms with Gasteiger partial charge in [0, 0.05) is 17.1 Å². The van der Waals surface area contributed by atoms with E-state index in [4.69, 9.17) is 0 Å². The number of aryl methyl sites for hydroxylation is 2. The van der Waals surface area contributed by atoms with E-state index in [2.05, 4.69) is 10.3 Å². The van der Waals surface area contributed by atoms with Gasteiger partial charge in [0.25, 0.3) is 5.56 Å². The van der Waals surface area contributed by atoms with E-state index in [9.17, 15) is 9.59 Å². The van der Waals surface area contributed by atoms with Crippen LogP contribution in [0.4, 0.5) is 5.13 Å². The lowest BCUT2D eigenvalue weighted by atomic mass is 10.3. The maximum absolute atomic E-state index is 11.8. The molecule has 0 spiro atoms. The minimum atomic E-state index is -0.253. The lowest BCUT2D eigenvalue weighted by molar-refractivity contribution is -0.116. The van der Waals surface area contributed by atoms with Gasteiger partial charge in [-0.3, -0.25) is 9.59 Å². The summed E-state index contributed by atoms with van der Waals surface area (Å²) in [5, 5.41) is 5.08. The maximum atomic E-state index is 11.8. The Balaban J connectivity index is 2.08. The molecule has 2 aromatic heterocycles. The highest BCUT2D eigenvalue weighted by Gasteiger charge is 2.07. The van der Waals surface area contributed by atoms with E-state index in [0.717, 1.165) is 5.69 Å². The summed E-state index contributed by atoms with van der Waals surface area (Å²) in [7, 11) is 0. The summed E-state index contributed by atoms with van der Waals surface area (Å²) < 4.78 is 1.38. The van der Waals surface area contributed by atoms with Crippen LogP contribution in [0, 0.1) is 13.8 Å². The average molecular weight is 263 g/mol. The molecule has 5 nitrogen and oxygen atoms in total. The van der Waals surface area contributed by atoms with Crippen molar-refractivity contribution in [1.82, 2.24) is 9.55 Å². The van der Waals surface area contributed by atoms with E-state index < -0.39 is 0 Å². The number of amides is 1. The van der Waals surface area contributed by atoms with Crippen LogP contribution in [0.15, 0.2) is 28.5 Å². The normalized spacial score (nSPS) is 10.3. The van der Waals surface area contributed by atoms with Crippen molar-refractivity contribution in [2.75, 3.05) is 5.32 Å². The molecule has 0 fully saturated rings. The minimum absolute atomic E-state index is 0.000852. The van der Waals surface area contributed by atoms with Crippen molar-refractivity contribution in [1.29, 1.82) is 0 Å². The fourth-order valence-corrected chi connectivity index (χ4v) is 2.21. The molecule has 0 atom stereocenters. The summed E-state index contributed by atoms with van der Waals surface area (Å²) in [6.07, 6.45) is 1.60. The van der Waals surface area contributed by atoms with Crippen LogP contribution in [0.3, 0.4) is 0 Å². The van der Waals surface area contributed by atoms with E-state index in [-0.39, 0.29) is 18.0 Å². The van der Waals surface area contributed by atoms with Gasteiger partial charge in [-0.2, -0.15) is 0 Å². The Morgan fingerprint density at radius 3 is 2.94 bits per heavy atom. The van der Waals surface area contributed by atoms with Gasteiger partial charge in [-0.15, -0.1) is 11.3 Å². The van der Waals surface area contributed by atoms with Crippen molar-refractivity contribution >= 4 is 22.4 Å². The fourth-order valence-electron chi connectivity index (χ4n) is 1.51. The van der Waals surface area contributed by atoms with Crippen molar-refractivity contribution in [3.05, 3.63) is 45.3 Å². The molecule has 0 aliphatic heterocycles. The van der Waals surface area contributed by atoms with Gasteiger partial charge in [0.2, 0.25) is 5.91 Å². The molecule has 94 valence electrons. The molecule has 0 saturated carbocycles. The fraction of sp³-hybridized carbons (Fsp3) is 0.250. The van der Waals surface area contributed by atoms with Crippen molar-refractivity contribution in [3.63, 3.8) is 0 Å². The van der Waals surface area contributed by atoms with Crippen LogP contribution in [-0.4, -0.2) is 15.5 Å². The molecule has 0 aliphatic rings. The van der Waals surface area contributed by atoms with Gasteiger partial charge >= 0.3 is 0 Å². The second-order valence-electron chi connectivity index (χ2n) is 3.97. The summed E-state index contributed by atoms with van der Waals surface area (Å²) in [6.45, 7) is 3.58. The predicted molar refractivity (Wildman–Crippen MR) is 70.9 cm³/mol. The highest BCUT2D eigenvalue weighted by molar-refractivity contribution is 7.13. The van der Waals surface area contributed by atoms with Gasteiger partial charge in [0.15, 0.2) is 5.13 Å². The number of thiazole rings is 1. The number of anilines is 1. The van der Waals surface area contributed by atoms with Gasteiger partial charge in [-0.05, 0) is 19.9 Å². The number of nitrogens with zero attached hydrogens (tertiary/aromatic N) is 2. The second-order valence-corrected chi connectivity index (χ2v) is 4.82. The van der Waals surface area contributed by atoms with E-state index >= 15 is 0 Å². The molecule has 18 heavy (non-hydrogen) atoms. The molecule has 0 aromatic carbocycles. The van der Waals surface area contributed by atoms with Gasteiger partial charge < -0.3 is 9.88 Å². The van der Waals surface area contributed by atoms with Gasteiger partial charge in [-0.1, -0.05) is 6.07 Å². The topological polar surface area (TPSA) is 64.0 Å². The molecule has 1 N–H and O–H groups in total. The van der Waals surface area contributed by atoms with E-state index in [1.54, 1.807) is 25.3 Å². The Hall–Kier alpha value is -1.95. The lowest BCUT2D eigenvalue weighted by Crippen LogP contribution is -2.28. The van der Waals surface area contributed by atoms with Crippen molar-refractivity contribution in [2.45, 2.75) is 20.4 Å². The van der Waals surface area contributed by atoms with Crippen molar-refractivity contribution in [3.8, 4) is 0 Å². The number of pyridine rings is 1.